The van der Waals surface area contributed by atoms with Crippen molar-refractivity contribution in [3.05, 3.63) is 40.4 Å². The molecular formula is C20H25N3O5. The number of aromatic amines is 1. The lowest BCUT2D eigenvalue weighted by Crippen LogP contribution is -2.45. The van der Waals surface area contributed by atoms with Gasteiger partial charge in [0, 0.05) is 13.1 Å². The Hall–Kier alpha value is -2.90. The van der Waals surface area contributed by atoms with E-state index in [9.17, 15) is 14.4 Å². The highest BCUT2D eigenvalue weighted by molar-refractivity contribution is 5.77. The van der Waals surface area contributed by atoms with E-state index in [1.807, 2.05) is 0 Å². The number of para-hydroxylation sites is 1. The van der Waals surface area contributed by atoms with Crippen LogP contribution in [-0.4, -0.2) is 45.6 Å². The molecule has 8 nitrogen and oxygen atoms in total. The standard InChI is InChI=1S/C20H25N3O5/c1-20(2,3)28-19(26)23-10-6-7-13(11-23)18(25)27-12-16-21-15-9-5-4-8-14(15)17(24)22-16/h4-5,8-9,13H,6-7,10-12H2,1-3H3,(H,21,22,24)/t13-/m1/s1. The van der Waals surface area contributed by atoms with Crippen LogP contribution in [0.25, 0.3) is 10.9 Å². The minimum atomic E-state index is -0.585. The Balaban J connectivity index is 1.60. The lowest BCUT2D eigenvalue weighted by molar-refractivity contribution is -0.151. The molecule has 1 aliphatic rings. The number of nitrogens with one attached hydrogen (secondary N) is 1. The quantitative estimate of drug-likeness (QED) is 0.813. The molecule has 1 aromatic carbocycles. The summed E-state index contributed by atoms with van der Waals surface area (Å²) in [6.07, 6.45) is 0.912. The van der Waals surface area contributed by atoms with Crippen LogP contribution in [0.2, 0.25) is 0 Å². The monoisotopic (exact) mass is 387 g/mol. The molecule has 1 amide bonds. The van der Waals surface area contributed by atoms with Crippen LogP contribution < -0.4 is 5.56 Å². The average Bonchev–Trinajstić information content (AvgIpc) is 2.65. The predicted octanol–water partition coefficient (Wildman–Crippen LogP) is 2.61. The Labute approximate surface area is 162 Å². The summed E-state index contributed by atoms with van der Waals surface area (Å²) in [6.45, 7) is 6.10. The van der Waals surface area contributed by atoms with Crippen molar-refractivity contribution in [3.63, 3.8) is 0 Å². The van der Waals surface area contributed by atoms with Crippen molar-refractivity contribution in [3.8, 4) is 0 Å². The topological polar surface area (TPSA) is 102 Å². The molecule has 1 aliphatic heterocycles. The van der Waals surface area contributed by atoms with Crippen LogP contribution in [-0.2, 0) is 20.9 Å². The number of hydrogen-bond acceptors (Lipinski definition) is 6. The zero-order valence-corrected chi connectivity index (χ0v) is 16.4. The van der Waals surface area contributed by atoms with Gasteiger partial charge in [0.15, 0.2) is 0 Å². The van der Waals surface area contributed by atoms with E-state index in [0.717, 1.165) is 0 Å². The summed E-state index contributed by atoms with van der Waals surface area (Å²) in [6, 6.07) is 6.97. The number of ether oxygens (including phenoxy) is 2. The van der Waals surface area contributed by atoms with Gasteiger partial charge >= 0.3 is 12.1 Å². The molecule has 1 fully saturated rings. The number of carbonyl (C=O) groups is 2. The van der Waals surface area contributed by atoms with Crippen LogP contribution in [0, 0.1) is 5.92 Å². The summed E-state index contributed by atoms with van der Waals surface area (Å²) in [4.78, 5) is 45.3. The molecule has 2 heterocycles. The molecule has 0 radical (unpaired) electrons. The number of amides is 1. The minimum Gasteiger partial charge on any atom is -0.457 e. The van der Waals surface area contributed by atoms with Crippen molar-refractivity contribution in [2.45, 2.75) is 45.8 Å². The first-order valence-electron chi connectivity index (χ1n) is 9.35. The number of hydrogen-bond donors (Lipinski definition) is 1. The van der Waals surface area contributed by atoms with Crippen LogP contribution in [0.3, 0.4) is 0 Å². The molecule has 8 heteroatoms. The maximum atomic E-state index is 12.5. The van der Waals surface area contributed by atoms with Gasteiger partial charge in [-0.3, -0.25) is 9.59 Å². The predicted molar refractivity (Wildman–Crippen MR) is 103 cm³/mol. The summed E-state index contributed by atoms with van der Waals surface area (Å²) >= 11 is 0. The van der Waals surface area contributed by atoms with E-state index < -0.39 is 23.6 Å². The Morgan fingerprint density at radius 2 is 2.04 bits per heavy atom. The van der Waals surface area contributed by atoms with Crippen LogP contribution in [0.5, 0.6) is 0 Å². The number of aromatic nitrogens is 2. The molecule has 1 saturated heterocycles. The van der Waals surface area contributed by atoms with Gasteiger partial charge in [-0.15, -0.1) is 0 Å². The second-order valence-electron chi connectivity index (χ2n) is 7.90. The fraction of sp³-hybridized carbons (Fsp3) is 0.500. The van der Waals surface area contributed by atoms with E-state index in [1.54, 1.807) is 45.0 Å². The normalized spacial score (nSPS) is 17.4. The first-order valence-corrected chi connectivity index (χ1v) is 9.35. The molecule has 0 saturated carbocycles. The van der Waals surface area contributed by atoms with E-state index in [-0.39, 0.29) is 24.5 Å². The van der Waals surface area contributed by atoms with Gasteiger partial charge in [-0.1, -0.05) is 12.1 Å². The molecule has 3 rings (SSSR count). The number of benzene rings is 1. The molecule has 1 atom stereocenters. The third-order valence-electron chi connectivity index (χ3n) is 4.42. The molecule has 1 N–H and O–H groups in total. The smallest absolute Gasteiger partial charge is 0.410 e. The van der Waals surface area contributed by atoms with Crippen molar-refractivity contribution in [2.75, 3.05) is 13.1 Å². The van der Waals surface area contributed by atoms with E-state index >= 15 is 0 Å². The number of likely N-dealkylation sites (tertiary alicyclic amines) is 1. The van der Waals surface area contributed by atoms with Crippen molar-refractivity contribution in [1.29, 1.82) is 0 Å². The van der Waals surface area contributed by atoms with Gasteiger partial charge in [-0.05, 0) is 45.7 Å². The third-order valence-corrected chi connectivity index (χ3v) is 4.42. The Morgan fingerprint density at radius 3 is 2.79 bits per heavy atom. The fourth-order valence-corrected chi connectivity index (χ4v) is 3.12. The average molecular weight is 387 g/mol. The maximum Gasteiger partial charge on any atom is 0.410 e. The maximum absolute atomic E-state index is 12.5. The molecule has 0 unspecified atom stereocenters. The second-order valence-corrected chi connectivity index (χ2v) is 7.90. The highest BCUT2D eigenvalue weighted by Crippen LogP contribution is 2.21. The lowest BCUT2D eigenvalue weighted by Gasteiger charge is -2.33. The number of esters is 1. The van der Waals surface area contributed by atoms with Gasteiger partial charge in [-0.25, -0.2) is 9.78 Å². The van der Waals surface area contributed by atoms with Crippen molar-refractivity contribution in [1.82, 2.24) is 14.9 Å². The van der Waals surface area contributed by atoms with Crippen molar-refractivity contribution in [2.24, 2.45) is 5.92 Å². The lowest BCUT2D eigenvalue weighted by atomic mass is 9.98. The largest absolute Gasteiger partial charge is 0.457 e. The van der Waals surface area contributed by atoms with E-state index in [4.69, 9.17) is 9.47 Å². The van der Waals surface area contributed by atoms with Crippen molar-refractivity contribution < 1.29 is 19.1 Å². The third kappa shape index (κ3) is 4.88. The van der Waals surface area contributed by atoms with E-state index in [2.05, 4.69) is 9.97 Å². The summed E-state index contributed by atoms with van der Waals surface area (Å²) < 4.78 is 10.7. The fourth-order valence-electron chi connectivity index (χ4n) is 3.12. The van der Waals surface area contributed by atoms with Gasteiger partial charge in [0.2, 0.25) is 0 Å². The van der Waals surface area contributed by atoms with Crippen LogP contribution in [0.15, 0.2) is 29.1 Å². The highest BCUT2D eigenvalue weighted by atomic mass is 16.6. The van der Waals surface area contributed by atoms with Crippen LogP contribution in [0.4, 0.5) is 4.79 Å². The number of carbonyl (C=O) groups excluding carboxylic acids is 2. The van der Waals surface area contributed by atoms with Crippen molar-refractivity contribution >= 4 is 23.0 Å². The summed E-state index contributed by atoms with van der Waals surface area (Å²) in [5.41, 5.74) is -0.311. The second kappa shape index (κ2) is 8.00. The van der Waals surface area contributed by atoms with Gasteiger partial charge in [0.25, 0.3) is 5.56 Å². The molecule has 2 aromatic rings. The molecule has 0 bridgehead atoms. The van der Waals surface area contributed by atoms with Gasteiger partial charge < -0.3 is 19.4 Å². The molecule has 0 spiro atoms. The van der Waals surface area contributed by atoms with Gasteiger partial charge in [0.05, 0.1) is 16.8 Å². The molecule has 150 valence electrons. The molecule has 1 aromatic heterocycles. The first-order chi connectivity index (χ1) is 13.2. The first kappa shape index (κ1) is 19.9. The summed E-state index contributed by atoms with van der Waals surface area (Å²) in [7, 11) is 0. The van der Waals surface area contributed by atoms with E-state index in [1.165, 1.54) is 4.90 Å². The van der Waals surface area contributed by atoms with Gasteiger partial charge in [0.1, 0.15) is 18.0 Å². The Kier molecular flexibility index (Phi) is 5.67. The minimum absolute atomic E-state index is 0.123. The van der Waals surface area contributed by atoms with Gasteiger partial charge in [-0.2, -0.15) is 0 Å². The SMILES string of the molecule is CC(C)(C)OC(=O)N1CCC[C@@H](C(=O)OCc2nc3ccccc3c(=O)[nH]2)C1. The highest BCUT2D eigenvalue weighted by Gasteiger charge is 2.32. The number of H-pyrrole nitrogens is 1. The number of fused-ring (bicyclic) bond motifs is 1. The number of piperidine rings is 1. The Bertz CT molecular complexity index is 931. The molecular weight excluding hydrogens is 362 g/mol. The number of nitrogens with zero attached hydrogens (tertiary/aromatic N) is 2. The number of rotatable bonds is 3. The summed E-state index contributed by atoms with van der Waals surface area (Å²) in [5.74, 6) is -0.547. The Morgan fingerprint density at radius 1 is 1.29 bits per heavy atom. The van der Waals surface area contributed by atoms with Crippen LogP contribution >= 0.6 is 0 Å². The zero-order valence-electron chi connectivity index (χ0n) is 16.4. The zero-order chi connectivity index (χ0) is 20.3. The molecule has 28 heavy (non-hydrogen) atoms. The van der Waals surface area contributed by atoms with E-state index in [0.29, 0.717) is 30.3 Å². The van der Waals surface area contributed by atoms with Crippen LogP contribution in [0.1, 0.15) is 39.4 Å². The summed E-state index contributed by atoms with van der Waals surface area (Å²) in [5, 5.41) is 0.484. The molecule has 0 aliphatic carbocycles.